The van der Waals surface area contributed by atoms with Crippen LogP contribution in [0.4, 0.5) is 23.3 Å². The molecule has 16 N–H and O–H groups in total. The Kier molecular flexibility index (Phi) is 38.8. The number of benzene rings is 4. The number of likely N-dealkylation sites (N-methyl/N-ethyl adjacent to an activating group) is 4. The average Bonchev–Trinajstić information content (AvgIpc) is 1.79. The summed E-state index contributed by atoms with van der Waals surface area (Å²) in [6.07, 6.45) is 4.23. The molecular weight excluding hydrogens is 1770 g/mol. The summed E-state index contributed by atoms with van der Waals surface area (Å²) in [4.78, 5) is 79.8. The molecule has 0 aliphatic rings. The van der Waals surface area contributed by atoms with Gasteiger partial charge in [-0.05, 0) is 182 Å². The van der Waals surface area contributed by atoms with Crippen molar-refractivity contribution < 1.29 is 44.0 Å². The lowest BCUT2D eigenvalue weighted by atomic mass is 10.1. The van der Waals surface area contributed by atoms with Gasteiger partial charge in [-0.1, -0.05) is 168 Å². The molecule has 4 unspecified atom stereocenters. The number of furan rings is 1. The van der Waals surface area contributed by atoms with Crippen LogP contribution in [0, 0.1) is 82.0 Å². The topological polar surface area (TPSA) is 379 Å². The minimum Gasteiger partial charge on any atom is -0.442 e. The van der Waals surface area contributed by atoms with Crippen LogP contribution in [0.1, 0.15) is 165 Å². The van der Waals surface area contributed by atoms with Crippen LogP contribution in [0.2, 0.25) is 20.1 Å². The third kappa shape index (κ3) is 28.5. The van der Waals surface area contributed by atoms with Crippen LogP contribution in [0.3, 0.4) is 0 Å². The number of nitrogens with one attached hydrogen (secondary N) is 4. The van der Waals surface area contributed by atoms with Gasteiger partial charge in [0.15, 0.2) is 11.5 Å². The van der Waals surface area contributed by atoms with Crippen molar-refractivity contribution in [3.63, 3.8) is 0 Å². The Bertz CT molecular complexity index is 6050. The molecule has 8 heterocycles. The number of hydrogen-bond acceptors (Lipinski definition) is 24. The molecule has 4 atom stereocenters. The molecule has 678 valence electrons. The van der Waals surface area contributed by atoms with E-state index < -0.39 is 30.3 Å². The Morgan fingerprint density at radius 3 is 1.09 bits per heavy atom. The first-order chi connectivity index (χ1) is 61.7. The van der Waals surface area contributed by atoms with E-state index in [1.807, 2.05) is 138 Å². The number of aromatic nitrogens is 4. The summed E-state index contributed by atoms with van der Waals surface area (Å²) in [5.41, 5.74) is 30.9. The van der Waals surface area contributed by atoms with Gasteiger partial charge in [-0.3, -0.25) is 19.2 Å². The highest BCUT2D eigenvalue weighted by molar-refractivity contribution is 7.15. The number of aliphatic hydroxyl groups excluding tert-OH is 4. The molecule has 8 aromatic heterocycles. The smallest absolute Gasteiger partial charge is 0.287 e. The largest absolute Gasteiger partial charge is 0.442 e. The van der Waals surface area contributed by atoms with E-state index in [1.165, 1.54) is 34.0 Å². The molecule has 0 aliphatic carbocycles. The number of nitrogens with zero attached hydrogens (tertiary/aromatic N) is 8. The first kappa shape index (κ1) is 102. The number of pyridine rings is 4. The lowest BCUT2D eigenvalue weighted by Crippen LogP contribution is -2.40. The summed E-state index contributed by atoms with van der Waals surface area (Å²) in [5, 5.41) is 61.2. The van der Waals surface area contributed by atoms with Crippen molar-refractivity contribution in [1.82, 2.24) is 60.8 Å². The van der Waals surface area contributed by atoms with Crippen LogP contribution in [-0.4, -0.2) is 213 Å². The molecule has 25 nitrogen and oxygen atoms in total. The van der Waals surface area contributed by atoms with E-state index in [2.05, 4.69) is 108 Å². The highest BCUT2D eigenvalue weighted by Crippen LogP contribution is 2.33. The summed E-state index contributed by atoms with van der Waals surface area (Å²) < 4.78 is 5.66. The number of hydrogen-bond donors (Lipinski definition) is 12. The third-order valence-electron chi connectivity index (χ3n) is 21.3. The maximum absolute atomic E-state index is 12.8. The summed E-state index contributed by atoms with van der Waals surface area (Å²) in [7, 11) is 0. The number of nitrogen functional groups attached to an aromatic ring is 4. The highest BCUT2D eigenvalue weighted by Gasteiger charge is 2.23. The zero-order valence-corrected chi connectivity index (χ0v) is 80.0. The lowest BCUT2D eigenvalue weighted by Gasteiger charge is -2.21. The zero-order valence-electron chi connectivity index (χ0n) is 74.5. The Balaban J connectivity index is 0.000000194. The summed E-state index contributed by atoms with van der Waals surface area (Å²) in [6, 6.07) is 27.2. The molecule has 4 aromatic carbocycles. The van der Waals surface area contributed by atoms with Crippen molar-refractivity contribution >= 4 is 170 Å². The van der Waals surface area contributed by atoms with E-state index in [0.29, 0.717) is 106 Å². The number of anilines is 4. The number of rotatable bonds is 28. The van der Waals surface area contributed by atoms with E-state index >= 15 is 0 Å². The van der Waals surface area contributed by atoms with Gasteiger partial charge in [-0.15, -0.1) is 34.0 Å². The van der Waals surface area contributed by atoms with E-state index in [1.54, 1.807) is 68.1 Å². The number of aryl methyl sites for hydroxylation is 3. The molecule has 0 saturated heterocycles. The van der Waals surface area contributed by atoms with Crippen LogP contribution >= 0.6 is 80.4 Å². The van der Waals surface area contributed by atoms with Gasteiger partial charge in [0.2, 0.25) is 0 Å². The fourth-order valence-electron chi connectivity index (χ4n) is 13.5. The monoisotopic (exact) mass is 1880 g/mol. The Labute approximate surface area is 785 Å². The maximum Gasteiger partial charge on any atom is 0.287 e. The normalized spacial score (nSPS) is 11.9. The predicted octanol–water partition coefficient (Wildman–Crippen LogP) is 14.5. The fraction of sp³-hybridized carbons (Fsp3) is 0.340. The van der Waals surface area contributed by atoms with Crippen LogP contribution in [-0.2, 0) is 0 Å². The van der Waals surface area contributed by atoms with Crippen molar-refractivity contribution in [3.05, 3.63) is 227 Å². The van der Waals surface area contributed by atoms with Gasteiger partial charge in [0.1, 0.15) is 23.3 Å². The number of aliphatic hydroxyl groups is 4. The third-order valence-corrected chi connectivity index (χ3v) is 25.8. The average molecular weight is 1880 g/mol. The molecule has 0 saturated carbocycles. The maximum atomic E-state index is 12.8. The first-order valence-corrected chi connectivity index (χ1v) is 46.3. The van der Waals surface area contributed by atoms with Gasteiger partial charge in [0.05, 0.1) is 75.9 Å². The number of halogens is 4. The number of carbonyl (C=O) groups is 4. The molecule has 12 aromatic rings. The Morgan fingerprint density at radius 1 is 0.380 bits per heavy atom. The molecule has 0 spiro atoms. The molecule has 0 radical (unpaired) electrons. The van der Waals surface area contributed by atoms with Crippen molar-refractivity contribution in [1.29, 1.82) is 0 Å². The number of fused-ring (bicyclic) bond motifs is 4. The number of thiophene rings is 3. The molecule has 4 amide bonds. The van der Waals surface area contributed by atoms with Gasteiger partial charge in [0.25, 0.3) is 23.6 Å². The van der Waals surface area contributed by atoms with Gasteiger partial charge in [-0.25, -0.2) is 19.9 Å². The zero-order chi connectivity index (χ0) is 93.9. The predicted molar refractivity (Wildman–Crippen MR) is 528 cm³/mol. The number of carbonyl (C=O) groups excluding carboxylic acids is 4. The Hall–Kier alpha value is -10.9. The van der Waals surface area contributed by atoms with Crippen LogP contribution in [0.15, 0.2) is 120 Å². The van der Waals surface area contributed by atoms with Crippen molar-refractivity contribution in [2.75, 3.05) is 128 Å². The molecule has 32 heteroatoms. The highest BCUT2D eigenvalue weighted by atomic mass is 35.5. The van der Waals surface area contributed by atoms with Crippen molar-refractivity contribution in [2.45, 2.75) is 114 Å². The van der Waals surface area contributed by atoms with Gasteiger partial charge in [-0.2, -0.15) is 0 Å². The molecule has 0 fully saturated rings. The summed E-state index contributed by atoms with van der Waals surface area (Å²) in [5.74, 6) is 25.5. The summed E-state index contributed by atoms with van der Waals surface area (Å²) in [6.45, 7) is 35.4. The number of amides is 4. The Morgan fingerprint density at radius 2 is 0.713 bits per heavy atom. The van der Waals surface area contributed by atoms with Crippen molar-refractivity contribution in [2.24, 2.45) is 0 Å². The fourth-order valence-corrected chi connectivity index (χ4v) is 17.2. The van der Waals surface area contributed by atoms with Gasteiger partial charge in [0, 0.05) is 146 Å². The standard InChI is InChI=1S/C25H29ClN4O2S.C24H27ClN4O3.2C24H27ClN4O2S/c1-5-30(6-2)14-19(31)13-29-25(32)23-16(4)15(3)22(33-23)10-9-20-21-11-18(26)8-7-17(21)12-28-24(20)27;2*1-4-29(5-2)14-18(30)13-28-24(31)22-10-15(3)21(32-22)9-8-19-20-11-17(25)7-6-16(20)12-27-23(19)26;1-4-29(5-2)14-18(30)13-28-24(31)22-15(3)10-19(32-22)8-9-20-21-11-17(25)7-6-16(21)12-27-23(20)26/h7-8,11-12,19,31H,5-6,13-14H2,1-4H3,(H2,27,28)(H,29,32);3*6-7,10-12,18,30H,4-5,13-14H2,1-3H3,(H2,26,27)(H,28,31). The van der Waals surface area contributed by atoms with Crippen molar-refractivity contribution in [3.8, 4) is 47.4 Å². The van der Waals surface area contributed by atoms with Crippen LogP contribution in [0.5, 0.6) is 0 Å². The van der Waals surface area contributed by atoms with Gasteiger partial charge >= 0.3 is 0 Å². The second-order valence-electron chi connectivity index (χ2n) is 30.3. The van der Waals surface area contributed by atoms with E-state index in [-0.39, 0.29) is 55.5 Å². The SMILES string of the molecule is CCN(CC)CC(O)CNC(=O)c1cc(C)c(C#Cc2c(N)ncc3ccc(Cl)cc23)o1.CCN(CC)CC(O)CNC(=O)c1cc(C)c(C#Cc2c(N)ncc3ccc(Cl)cc23)s1.CCN(CC)CC(O)CNC(=O)c1sc(C#Cc2c(N)ncc3ccc(Cl)cc23)c(C)c1C.CCN(CC)CC(O)CNC(=O)c1sc(C#Cc2c(N)ncc3ccc(Cl)cc23)cc1C. The van der Waals surface area contributed by atoms with Gasteiger partial charge < -0.3 is 88.6 Å². The molecule has 129 heavy (non-hydrogen) atoms. The second kappa shape index (κ2) is 49.2. The lowest BCUT2D eigenvalue weighted by molar-refractivity contribution is 0.0844. The van der Waals surface area contributed by atoms with E-state index in [9.17, 15) is 39.6 Å². The molecule has 12 rings (SSSR count). The van der Waals surface area contributed by atoms with Crippen LogP contribution < -0.4 is 44.2 Å². The number of nitrogens with two attached hydrogens (primary N) is 4. The van der Waals surface area contributed by atoms with E-state index in [4.69, 9.17) is 73.8 Å². The molecular formula is C97H110Cl4N16O9S3. The van der Waals surface area contributed by atoms with Crippen LogP contribution in [0.25, 0.3) is 43.1 Å². The first-order valence-electron chi connectivity index (χ1n) is 42.3. The quantitative estimate of drug-likeness (QED) is 0.0203. The molecule has 0 bridgehead atoms. The minimum absolute atomic E-state index is 0.133. The minimum atomic E-state index is -0.664. The second-order valence-corrected chi connectivity index (χ2v) is 35.1. The summed E-state index contributed by atoms with van der Waals surface area (Å²) >= 11 is 28.5. The van der Waals surface area contributed by atoms with E-state index in [0.717, 1.165) is 138 Å². The molecule has 0 aliphatic heterocycles.